The quantitative estimate of drug-likeness (QED) is 0.785. The number of hydrogen-bond acceptors (Lipinski definition) is 3. The predicted molar refractivity (Wildman–Crippen MR) is 73.8 cm³/mol. The first-order chi connectivity index (χ1) is 8.22. The molecule has 1 N–H and O–H groups in total. The number of halogens is 1. The van der Waals surface area contributed by atoms with Crippen molar-refractivity contribution in [1.82, 2.24) is 5.32 Å². The Morgan fingerprint density at radius 1 is 1.41 bits per heavy atom. The van der Waals surface area contributed by atoms with E-state index in [1.807, 2.05) is 26.1 Å². The van der Waals surface area contributed by atoms with Crippen molar-refractivity contribution in [3.63, 3.8) is 0 Å². The molecule has 94 valence electrons. The lowest BCUT2D eigenvalue weighted by Gasteiger charge is -2.14. The van der Waals surface area contributed by atoms with Crippen LogP contribution < -0.4 is 14.8 Å². The van der Waals surface area contributed by atoms with E-state index in [1.54, 1.807) is 6.08 Å². The molecule has 4 heteroatoms. The largest absolute Gasteiger partial charge is 0.490 e. The summed E-state index contributed by atoms with van der Waals surface area (Å²) in [4.78, 5) is 0. The van der Waals surface area contributed by atoms with Gasteiger partial charge in [-0.05, 0) is 47.6 Å². The molecule has 0 bridgehead atoms. The second-order valence-corrected chi connectivity index (χ2v) is 4.32. The summed E-state index contributed by atoms with van der Waals surface area (Å²) < 4.78 is 12.1. The molecule has 0 spiro atoms. The molecule has 0 amide bonds. The zero-order valence-corrected chi connectivity index (χ0v) is 11.8. The Morgan fingerprint density at radius 2 is 2.18 bits per heavy atom. The Balaban J connectivity index is 3.03. The molecule has 0 aliphatic rings. The number of ether oxygens (including phenoxy) is 2. The van der Waals surface area contributed by atoms with Gasteiger partial charge >= 0.3 is 0 Å². The van der Waals surface area contributed by atoms with Gasteiger partial charge in [0, 0.05) is 6.54 Å². The molecule has 0 aliphatic carbocycles. The van der Waals surface area contributed by atoms with Crippen LogP contribution in [0.4, 0.5) is 0 Å². The summed E-state index contributed by atoms with van der Waals surface area (Å²) in [7, 11) is 1.91. The fourth-order valence-corrected chi connectivity index (χ4v) is 2.08. The van der Waals surface area contributed by atoms with Crippen LogP contribution in [0.25, 0.3) is 0 Å². The molecule has 0 aromatic heterocycles. The molecule has 1 aromatic carbocycles. The lowest BCUT2D eigenvalue weighted by Crippen LogP contribution is -2.06. The van der Waals surface area contributed by atoms with E-state index >= 15 is 0 Å². The first-order valence-electron chi connectivity index (χ1n) is 5.56. The molecule has 1 rings (SSSR count). The van der Waals surface area contributed by atoms with Crippen molar-refractivity contribution < 1.29 is 9.47 Å². The van der Waals surface area contributed by atoms with Gasteiger partial charge in [-0.3, -0.25) is 0 Å². The van der Waals surface area contributed by atoms with Crippen LogP contribution in [0.15, 0.2) is 29.3 Å². The van der Waals surface area contributed by atoms with Gasteiger partial charge in [-0.1, -0.05) is 12.7 Å². The normalized spacial score (nSPS) is 10.1. The summed E-state index contributed by atoms with van der Waals surface area (Å²) in [6.45, 7) is 7.46. The standard InChI is InChI=1S/C13H18BrNO2/c1-4-6-17-13-11(14)7-10(9-15-3)8-12(13)16-5-2/h4,7-8,15H,1,5-6,9H2,2-3H3. The minimum absolute atomic E-state index is 0.462. The summed E-state index contributed by atoms with van der Waals surface area (Å²) in [6.07, 6.45) is 1.71. The monoisotopic (exact) mass is 299 g/mol. The van der Waals surface area contributed by atoms with Crippen molar-refractivity contribution in [2.24, 2.45) is 0 Å². The van der Waals surface area contributed by atoms with Crippen LogP contribution in [-0.2, 0) is 6.54 Å². The maximum absolute atomic E-state index is 5.59. The third-order valence-corrected chi connectivity index (χ3v) is 2.68. The molecule has 0 heterocycles. The molecule has 0 saturated carbocycles. The van der Waals surface area contributed by atoms with Gasteiger partial charge in [0.25, 0.3) is 0 Å². The van der Waals surface area contributed by atoms with Gasteiger partial charge in [-0.25, -0.2) is 0 Å². The highest BCUT2D eigenvalue weighted by molar-refractivity contribution is 9.10. The zero-order chi connectivity index (χ0) is 12.7. The summed E-state index contributed by atoms with van der Waals surface area (Å²) in [5, 5.41) is 3.11. The fourth-order valence-electron chi connectivity index (χ4n) is 1.47. The van der Waals surface area contributed by atoms with Crippen molar-refractivity contribution >= 4 is 15.9 Å². The van der Waals surface area contributed by atoms with Gasteiger partial charge in [0.2, 0.25) is 0 Å². The van der Waals surface area contributed by atoms with E-state index < -0.39 is 0 Å². The number of hydrogen-bond donors (Lipinski definition) is 1. The van der Waals surface area contributed by atoms with Crippen LogP contribution in [0.5, 0.6) is 11.5 Å². The first-order valence-corrected chi connectivity index (χ1v) is 6.35. The first kappa shape index (κ1) is 14.1. The number of rotatable bonds is 7. The van der Waals surface area contributed by atoms with Crippen molar-refractivity contribution in [1.29, 1.82) is 0 Å². The summed E-state index contributed by atoms with van der Waals surface area (Å²) in [6, 6.07) is 4.01. The second-order valence-electron chi connectivity index (χ2n) is 3.47. The van der Waals surface area contributed by atoms with Crippen LogP contribution in [0.2, 0.25) is 0 Å². The van der Waals surface area contributed by atoms with Crippen LogP contribution in [0.3, 0.4) is 0 Å². The fraction of sp³-hybridized carbons (Fsp3) is 0.385. The van der Waals surface area contributed by atoms with Crippen molar-refractivity contribution in [3.05, 3.63) is 34.8 Å². The number of benzene rings is 1. The van der Waals surface area contributed by atoms with Gasteiger partial charge < -0.3 is 14.8 Å². The van der Waals surface area contributed by atoms with Crippen molar-refractivity contribution in [2.45, 2.75) is 13.5 Å². The van der Waals surface area contributed by atoms with Crippen LogP contribution in [-0.4, -0.2) is 20.3 Å². The van der Waals surface area contributed by atoms with E-state index in [-0.39, 0.29) is 0 Å². The van der Waals surface area contributed by atoms with Crippen molar-refractivity contribution in [3.8, 4) is 11.5 Å². The Kier molecular flexibility index (Phi) is 6.08. The maximum Gasteiger partial charge on any atom is 0.175 e. The lowest BCUT2D eigenvalue weighted by atomic mass is 10.2. The highest BCUT2D eigenvalue weighted by atomic mass is 79.9. The molecule has 3 nitrogen and oxygen atoms in total. The van der Waals surface area contributed by atoms with Gasteiger partial charge in [0.05, 0.1) is 11.1 Å². The molecular weight excluding hydrogens is 282 g/mol. The second kappa shape index (κ2) is 7.35. The van der Waals surface area contributed by atoms with Gasteiger partial charge in [-0.2, -0.15) is 0 Å². The summed E-state index contributed by atoms with van der Waals surface area (Å²) >= 11 is 3.50. The minimum Gasteiger partial charge on any atom is -0.490 e. The van der Waals surface area contributed by atoms with Crippen molar-refractivity contribution in [2.75, 3.05) is 20.3 Å². The van der Waals surface area contributed by atoms with E-state index in [4.69, 9.17) is 9.47 Å². The average molecular weight is 300 g/mol. The Hall–Kier alpha value is -1.00. The lowest BCUT2D eigenvalue weighted by molar-refractivity contribution is 0.295. The van der Waals surface area contributed by atoms with Gasteiger partial charge in [0.1, 0.15) is 6.61 Å². The molecule has 0 atom stereocenters. The Labute approximate surface area is 111 Å². The minimum atomic E-state index is 0.462. The van der Waals surface area contributed by atoms with E-state index in [0.717, 1.165) is 28.1 Å². The average Bonchev–Trinajstić information content (AvgIpc) is 2.29. The molecule has 1 aromatic rings. The Morgan fingerprint density at radius 3 is 2.76 bits per heavy atom. The number of nitrogens with one attached hydrogen (secondary N) is 1. The van der Waals surface area contributed by atoms with E-state index in [1.165, 1.54) is 0 Å². The molecule has 0 unspecified atom stereocenters. The summed E-state index contributed by atoms with van der Waals surface area (Å²) in [5.74, 6) is 1.49. The van der Waals surface area contributed by atoms with Crippen LogP contribution >= 0.6 is 15.9 Å². The topological polar surface area (TPSA) is 30.5 Å². The molecule has 0 saturated heterocycles. The van der Waals surface area contributed by atoms with Crippen LogP contribution in [0, 0.1) is 0 Å². The highest BCUT2D eigenvalue weighted by Gasteiger charge is 2.11. The molecule has 0 aliphatic heterocycles. The Bertz CT molecular complexity index is 380. The SMILES string of the molecule is C=CCOc1c(Br)cc(CNC)cc1OCC. The zero-order valence-electron chi connectivity index (χ0n) is 10.3. The highest BCUT2D eigenvalue weighted by Crippen LogP contribution is 2.36. The van der Waals surface area contributed by atoms with Gasteiger partial charge in [-0.15, -0.1) is 0 Å². The third-order valence-electron chi connectivity index (χ3n) is 2.10. The van der Waals surface area contributed by atoms with E-state index in [2.05, 4.69) is 27.8 Å². The third kappa shape index (κ3) is 4.06. The van der Waals surface area contributed by atoms with Crippen LogP contribution in [0.1, 0.15) is 12.5 Å². The van der Waals surface area contributed by atoms with Gasteiger partial charge in [0.15, 0.2) is 11.5 Å². The smallest absolute Gasteiger partial charge is 0.175 e. The predicted octanol–water partition coefficient (Wildman–Crippen LogP) is 3.13. The molecule has 0 radical (unpaired) electrons. The molecule has 0 fully saturated rings. The maximum atomic E-state index is 5.59. The molecule has 17 heavy (non-hydrogen) atoms. The summed E-state index contributed by atoms with van der Waals surface area (Å²) in [5.41, 5.74) is 1.15. The van der Waals surface area contributed by atoms with E-state index in [0.29, 0.717) is 13.2 Å². The molecular formula is C13H18BrNO2. The van der Waals surface area contributed by atoms with E-state index in [9.17, 15) is 0 Å².